The number of nitrogens with zero attached hydrogens (tertiary/aromatic N) is 1. The Morgan fingerprint density at radius 3 is 2.22 bits per heavy atom. The van der Waals surface area contributed by atoms with Gasteiger partial charge in [0.15, 0.2) is 0 Å². The fourth-order valence-corrected chi connectivity index (χ4v) is 2.15. The molecule has 2 amide bonds. The Hall–Kier alpha value is -0.900. The average Bonchev–Trinajstić information content (AvgIpc) is 2.26. The minimum Gasteiger partial charge on any atom is -0.312 e. The molecule has 0 aromatic heterocycles. The Balaban J connectivity index is 2.69. The van der Waals surface area contributed by atoms with Crippen LogP contribution in [-0.2, 0) is 9.59 Å². The van der Waals surface area contributed by atoms with Crippen molar-refractivity contribution in [1.29, 1.82) is 0 Å². The van der Waals surface area contributed by atoms with Gasteiger partial charge in [0.2, 0.25) is 11.8 Å². The van der Waals surface area contributed by atoms with E-state index in [1.807, 2.05) is 0 Å². The molecule has 0 saturated carbocycles. The Morgan fingerprint density at radius 2 is 1.78 bits per heavy atom. The summed E-state index contributed by atoms with van der Waals surface area (Å²) in [5, 5.41) is 3.45. The van der Waals surface area contributed by atoms with Gasteiger partial charge in [0.05, 0.1) is 0 Å². The Bertz CT molecular complexity index is 291. The first kappa shape index (κ1) is 15.2. The lowest BCUT2D eigenvalue weighted by Gasteiger charge is -2.36. The first-order valence-corrected chi connectivity index (χ1v) is 6.93. The summed E-state index contributed by atoms with van der Waals surface area (Å²) in [7, 11) is 0. The van der Waals surface area contributed by atoms with Gasteiger partial charge in [-0.3, -0.25) is 14.5 Å². The second kappa shape index (κ2) is 6.32. The van der Waals surface area contributed by atoms with Gasteiger partial charge >= 0.3 is 0 Å². The highest BCUT2D eigenvalue weighted by Gasteiger charge is 2.32. The number of rotatable bonds is 5. The van der Waals surface area contributed by atoms with E-state index >= 15 is 0 Å². The summed E-state index contributed by atoms with van der Waals surface area (Å²) in [6, 6.07) is 0.156. The predicted molar refractivity (Wildman–Crippen MR) is 72.1 cm³/mol. The molecule has 4 nitrogen and oxygen atoms in total. The minimum atomic E-state index is -0.0150. The zero-order chi connectivity index (χ0) is 13.8. The highest BCUT2D eigenvalue weighted by atomic mass is 16.2. The van der Waals surface area contributed by atoms with Crippen LogP contribution in [0.2, 0.25) is 0 Å². The summed E-state index contributed by atoms with van der Waals surface area (Å²) in [5.41, 5.74) is 0.0349. The molecule has 1 aliphatic heterocycles. The van der Waals surface area contributed by atoms with Gasteiger partial charge in [0, 0.05) is 25.4 Å². The summed E-state index contributed by atoms with van der Waals surface area (Å²) >= 11 is 0. The Labute approximate surface area is 110 Å². The molecular formula is C14H26N2O2. The predicted octanol–water partition coefficient (Wildman–Crippen LogP) is 1.94. The number of imide groups is 1. The average molecular weight is 254 g/mol. The van der Waals surface area contributed by atoms with Crippen LogP contribution in [0.3, 0.4) is 0 Å². The number of carbonyl (C=O) groups is 2. The second-order valence-corrected chi connectivity index (χ2v) is 6.12. The number of amides is 2. The van der Waals surface area contributed by atoms with Crippen LogP contribution in [0.25, 0.3) is 0 Å². The highest BCUT2D eigenvalue weighted by molar-refractivity contribution is 5.97. The summed E-state index contributed by atoms with van der Waals surface area (Å²) in [4.78, 5) is 25.1. The van der Waals surface area contributed by atoms with Gasteiger partial charge in [-0.2, -0.15) is 0 Å². The molecule has 18 heavy (non-hydrogen) atoms. The maximum absolute atomic E-state index is 11.8. The SMILES string of the molecule is CCCNC(CN1C(=O)CCCC1=O)C(C)(C)C. The molecule has 104 valence electrons. The van der Waals surface area contributed by atoms with Crippen molar-refractivity contribution in [2.75, 3.05) is 13.1 Å². The summed E-state index contributed by atoms with van der Waals surface area (Å²) in [6.45, 7) is 9.95. The van der Waals surface area contributed by atoms with E-state index < -0.39 is 0 Å². The van der Waals surface area contributed by atoms with Gasteiger partial charge in [0.1, 0.15) is 0 Å². The Morgan fingerprint density at radius 1 is 1.22 bits per heavy atom. The molecule has 0 radical (unpaired) electrons. The van der Waals surface area contributed by atoms with Crippen LogP contribution in [0.4, 0.5) is 0 Å². The molecule has 1 rings (SSSR count). The first-order valence-electron chi connectivity index (χ1n) is 6.93. The van der Waals surface area contributed by atoms with Crippen molar-refractivity contribution in [3.63, 3.8) is 0 Å². The van der Waals surface area contributed by atoms with Gasteiger partial charge < -0.3 is 5.32 Å². The van der Waals surface area contributed by atoms with E-state index in [-0.39, 0.29) is 23.3 Å². The van der Waals surface area contributed by atoms with Crippen molar-refractivity contribution >= 4 is 11.8 Å². The van der Waals surface area contributed by atoms with Crippen molar-refractivity contribution in [3.8, 4) is 0 Å². The molecule has 1 aliphatic rings. The number of likely N-dealkylation sites (tertiary alicyclic amines) is 1. The normalized spacial score (nSPS) is 19.2. The largest absolute Gasteiger partial charge is 0.312 e. The first-order chi connectivity index (χ1) is 8.36. The maximum Gasteiger partial charge on any atom is 0.229 e. The van der Waals surface area contributed by atoms with E-state index in [9.17, 15) is 9.59 Å². The van der Waals surface area contributed by atoms with Crippen molar-refractivity contribution in [1.82, 2.24) is 10.2 Å². The third-order valence-corrected chi connectivity index (χ3v) is 3.43. The second-order valence-electron chi connectivity index (χ2n) is 6.12. The molecule has 0 aromatic rings. The summed E-state index contributed by atoms with van der Waals surface area (Å²) in [6.07, 6.45) is 2.78. The molecular weight excluding hydrogens is 228 g/mol. The molecule has 1 N–H and O–H groups in total. The molecule has 0 aliphatic carbocycles. The molecule has 0 bridgehead atoms. The standard InChI is InChI=1S/C14H26N2O2/c1-5-9-15-11(14(2,3)4)10-16-12(17)7-6-8-13(16)18/h11,15H,5-10H2,1-4H3. The number of nitrogens with one attached hydrogen (secondary N) is 1. The van der Waals surface area contributed by atoms with Gasteiger partial charge in [-0.05, 0) is 24.8 Å². The zero-order valence-corrected chi connectivity index (χ0v) is 12.1. The third kappa shape index (κ3) is 4.09. The zero-order valence-electron chi connectivity index (χ0n) is 12.1. The van der Waals surface area contributed by atoms with Crippen LogP contribution < -0.4 is 5.32 Å². The van der Waals surface area contributed by atoms with Gasteiger partial charge in [-0.25, -0.2) is 0 Å². The van der Waals surface area contributed by atoms with Crippen LogP contribution in [0, 0.1) is 5.41 Å². The lowest BCUT2D eigenvalue weighted by Crippen LogP contribution is -2.53. The number of carbonyl (C=O) groups excluding carboxylic acids is 2. The molecule has 1 atom stereocenters. The van der Waals surface area contributed by atoms with E-state index in [1.165, 1.54) is 4.90 Å². The molecule has 1 fully saturated rings. The topological polar surface area (TPSA) is 49.4 Å². The Kier molecular flexibility index (Phi) is 5.32. The van der Waals surface area contributed by atoms with Crippen molar-refractivity contribution in [3.05, 3.63) is 0 Å². The lowest BCUT2D eigenvalue weighted by atomic mass is 9.86. The molecule has 1 unspecified atom stereocenters. The lowest BCUT2D eigenvalue weighted by molar-refractivity contribution is -0.148. The van der Waals surface area contributed by atoms with Gasteiger partial charge in [-0.1, -0.05) is 27.7 Å². The molecule has 4 heteroatoms. The minimum absolute atomic E-state index is 0.0150. The third-order valence-electron chi connectivity index (χ3n) is 3.43. The fraction of sp³-hybridized carbons (Fsp3) is 0.857. The van der Waals surface area contributed by atoms with Crippen LogP contribution >= 0.6 is 0 Å². The smallest absolute Gasteiger partial charge is 0.229 e. The summed E-state index contributed by atoms with van der Waals surface area (Å²) < 4.78 is 0. The summed E-state index contributed by atoms with van der Waals surface area (Å²) in [5.74, 6) is -0.0300. The maximum atomic E-state index is 11.8. The van der Waals surface area contributed by atoms with Crippen molar-refractivity contribution in [2.24, 2.45) is 5.41 Å². The van der Waals surface area contributed by atoms with Crippen LogP contribution in [0.15, 0.2) is 0 Å². The molecule has 0 aromatic carbocycles. The van der Waals surface area contributed by atoms with E-state index in [0.717, 1.165) is 13.0 Å². The van der Waals surface area contributed by atoms with E-state index in [1.54, 1.807) is 0 Å². The van der Waals surface area contributed by atoms with Crippen LogP contribution in [-0.4, -0.2) is 35.8 Å². The number of hydrogen-bond donors (Lipinski definition) is 1. The molecule has 1 saturated heterocycles. The number of piperidine rings is 1. The molecule has 0 spiro atoms. The van der Waals surface area contributed by atoms with Crippen molar-refractivity contribution < 1.29 is 9.59 Å². The van der Waals surface area contributed by atoms with Crippen LogP contribution in [0.1, 0.15) is 53.4 Å². The van der Waals surface area contributed by atoms with E-state index in [0.29, 0.717) is 25.8 Å². The van der Waals surface area contributed by atoms with Gasteiger partial charge in [0.25, 0.3) is 0 Å². The van der Waals surface area contributed by atoms with Crippen LogP contribution in [0.5, 0.6) is 0 Å². The fourth-order valence-electron chi connectivity index (χ4n) is 2.15. The van der Waals surface area contributed by atoms with Crippen molar-refractivity contribution in [2.45, 2.75) is 59.4 Å². The van der Waals surface area contributed by atoms with Gasteiger partial charge in [-0.15, -0.1) is 0 Å². The number of hydrogen-bond acceptors (Lipinski definition) is 3. The highest BCUT2D eigenvalue weighted by Crippen LogP contribution is 2.22. The monoisotopic (exact) mass is 254 g/mol. The van der Waals surface area contributed by atoms with E-state index in [4.69, 9.17) is 0 Å². The molecule has 1 heterocycles. The van der Waals surface area contributed by atoms with E-state index in [2.05, 4.69) is 33.0 Å². The quantitative estimate of drug-likeness (QED) is 0.763.